The molecular weight excluding hydrogens is 317 g/mol. The van der Waals surface area contributed by atoms with Crippen LogP contribution in [0.15, 0.2) is 0 Å². The van der Waals surface area contributed by atoms with Gasteiger partial charge in [-0.2, -0.15) is 5.26 Å². The van der Waals surface area contributed by atoms with E-state index in [2.05, 4.69) is 13.0 Å². The van der Waals surface area contributed by atoms with E-state index in [4.69, 9.17) is 10.00 Å². The van der Waals surface area contributed by atoms with Crippen molar-refractivity contribution in [1.82, 2.24) is 0 Å². The third-order valence-corrected chi connectivity index (χ3v) is 6.06. The number of hydrogen-bond donors (Lipinski definition) is 0. The maximum absolute atomic E-state index is 14.1. The highest BCUT2D eigenvalue weighted by Crippen LogP contribution is 2.34. The number of rotatable bonds is 8. The van der Waals surface area contributed by atoms with E-state index in [-0.39, 0.29) is 24.2 Å². The van der Waals surface area contributed by atoms with Crippen LogP contribution in [0.25, 0.3) is 0 Å². The molecular formula is C21H34FNO2. The molecule has 4 heteroatoms. The Morgan fingerprint density at radius 2 is 1.80 bits per heavy atom. The summed E-state index contributed by atoms with van der Waals surface area (Å²) in [5, 5.41) is 8.89. The van der Waals surface area contributed by atoms with Gasteiger partial charge in [0, 0.05) is 5.92 Å². The second kappa shape index (κ2) is 10.8. The maximum Gasteiger partial charge on any atom is 0.309 e. The quantitative estimate of drug-likeness (QED) is 0.414. The molecule has 3 atom stereocenters. The molecule has 3 unspecified atom stereocenters. The number of hydrogen-bond acceptors (Lipinski definition) is 3. The third kappa shape index (κ3) is 6.60. The minimum absolute atomic E-state index is 0.0442. The Hall–Kier alpha value is -1.11. The Morgan fingerprint density at radius 1 is 1.08 bits per heavy atom. The number of nitriles is 1. The molecule has 0 bridgehead atoms. The largest absolute Gasteiger partial charge is 0.459 e. The van der Waals surface area contributed by atoms with Crippen LogP contribution >= 0.6 is 0 Å². The van der Waals surface area contributed by atoms with Gasteiger partial charge in [0.05, 0.1) is 12.0 Å². The lowest BCUT2D eigenvalue weighted by atomic mass is 9.79. The number of nitrogens with zero attached hydrogens (tertiary/aromatic N) is 1. The summed E-state index contributed by atoms with van der Waals surface area (Å²) in [7, 11) is 0. The lowest BCUT2D eigenvalue weighted by molar-refractivity contribution is -0.161. The van der Waals surface area contributed by atoms with Crippen LogP contribution in [0, 0.1) is 29.1 Å². The molecule has 2 saturated carbocycles. The lowest BCUT2D eigenvalue weighted by Gasteiger charge is -2.32. The van der Waals surface area contributed by atoms with Crippen molar-refractivity contribution in [3.63, 3.8) is 0 Å². The molecule has 0 saturated heterocycles. The van der Waals surface area contributed by atoms with Crippen LogP contribution < -0.4 is 0 Å². The Kier molecular flexibility index (Phi) is 8.72. The van der Waals surface area contributed by atoms with Gasteiger partial charge in [0.1, 0.15) is 12.3 Å². The molecule has 2 rings (SSSR count). The lowest BCUT2D eigenvalue weighted by Crippen LogP contribution is -2.36. The number of carbonyl (C=O) groups is 1. The third-order valence-electron chi connectivity index (χ3n) is 6.06. The summed E-state index contributed by atoms with van der Waals surface area (Å²) in [5.41, 5.74) is 0. The molecule has 0 spiro atoms. The first kappa shape index (κ1) is 20.2. The smallest absolute Gasteiger partial charge is 0.309 e. The molecule has 2 aliphatic carbocycles. The Morgan fingerprint density at radius 3 is 2.44 bits per heavy atom. The number of alkyl halides is 1. The summed E-state index contributed by atoms with van der Waals surface area (Å²) in [6.45, 7) is 2.24. The van der Waals surface area contributed by atoms with Gasteiger partial charge in [0.25, 0.3) is 0 Å². The average Bonchev–Trinajstić information content (AvgIpc) is 2.63. The Labute approximate surface area is 152 Å². The fraction of sp³-hybridized carbons (Fsp3) is 0.905. The van der Waals surface area contributed by atoms with Gasteiger partial charge in [0.2, 0.25) is 0 Å². The monoisotopic (exact) mass is 351 g/mol. The SMILES string of the molecule is CCCCCCCC1CCC(C(=O)OC2CCC(C#N)CC2F)CC1. The van der Waals surface area contributed by atoms with Gasteiger partial charge in [-0.15, -0.1) is 0 Å². The molecule has 0 heterocycles. The highest BCUT2D eigenvalue weighted by molar-refractivity contribution is 5.72. The number of ether oxygens (including phenoxy) is 1. The number of halogens is 1. The van der Waals surface area contributed by atoms with E-state index in [1.807, 2.05) is 0 Å². The molecule has 0 N–H and O–H groups in total. The van der Waals surface area contributed by atoms with E-state index < -0.39 is 12.3 Å². The van der Waals surface area contributed by atoms with Crippen molar-refractivity contribution < 1.29 is 13.9 Å². The second-order valence-corrected chi connectivity index (χ2v) is 8.05. The topological polar surface area (TPSA) is 50.1 Å². The van der Waals surface area contributed by atoms with Crippen LogP contribution in [0.2, 0.25) is 0 Å². The maximum atomic E-state index is 14.1. The molecule has 2 aliphatic rings. The van der Waals surface area contributed by atoms with Crippen molar-refractivity contribution in [1.29, 1.82) is 5.26 Å². The van der Waals surface area contributed by atoms with Crippen molar-refractivity contribution in [2.75, 3.05) is 0 Å². The van der Waals surface area contributed by atoms with Crippen molar-refractivity contribution in [3.8, 4) is 6.07 Å². The second-order valence-electron chi connectivity index (χ2n) is 8.05. The summed E-state index contributed by atoms with van der Waals surface area (Å²) >= 11 is 0. The first-order valence-electron chi connectivity index (χ1n) is 10.4. The van der Waals surface area contributed by atoms with E-state index in [9.17, 15) is 9.18 Å². The molecule has 0 amide bonds. The minimum atomic E-state index is -1.18. The molecule has 0 aromatic carbocycles. The normalized spacial score (nSPS) is 32.8. The summed E-state index contributed by atoms with van der Waals surface area (Å²) in [5.74, 6) is 0.282. The predicted octanol–water partition coefficient (Wildman–Crippen LogP) is 5.73. The standard InChI is InChI=1S/C21H34FNO2/c1-2-3-4-5-6-7-16-8-11-18(12-9-16)21(24)25-20-13-10-17(15-23)14-19(20)22/h16-20H,2-14H2,1H3. The molecule has 0 aromatic rings. The number of unbranched alkanes of at least 4 members (excludes halogenated alkanes) is 4. The van der Waals surface area contributed by atoms with E-state index in [0.717, 1.165) is 31.6 Å². The van der Waals surface area contributed by atoms with Gasteiger partial charge in [-0.1, -0.05) is 45.4 Å². The average molecular weight is 352 g/mol. The van der Waals surface area contributed by atoms with Crippen LogP contribution in [0.5, 0.6) is 0 Å². The zero-order valence-electron chi connectivity index (χ0n) is 15.7. The predicted molar refractivity (Wildman–Crippen MR) is 96.6 cm³/mol. The van der Waals surface area contributed by atoms with Crippen LogP contribution in [0.1, 0.15) is 90.4 Å². The van der Waals surface area contributed by atoms with Crippen molar-refractivity contribution in [3.05, 3.63) is 0 Å². The fourth-order valence-electron chi connectivity index (χ4n) is 4.31. The molecule has 3 nitrogen and oxygen atoms in total. The van der Waals surface area contributed by atoms with Gasteiger partial charge in [-0.3, -0.25) is 4.79 Å². The van der Waals surface area contributed by atoms with Gasteiger partial charge in [-0.05, 0) is 50.9 Å². The van der Waals surface area contributed by atoms with Crippen LogP contribution in [-0.2, 0) is 9.53 Å². The summed E-state index contributed by atoms with van der Waals surface area (Å²) in [6, 6.07) is 2.12. The highest BCUT2D eigenvalue weighted by atomic mass is 19.1. The first-order valence-corrected chi connectivity index (χ1v) is 10.4. The van der Waals surface area contributed by atoms with Crippen LogP contribution in [0.4, 0.5) is 4.39 Å². The van der Waals surface area contributed by atoms with E-state index in [1.54, 1.807) is 0 Å². The van der Waals surface area contributed by atoms with Gasteiger partial charge in [0.15, 0.2) is 0 Å². The fourth-order valence-corrected chi connectivity index (χ4v) is 4.31. The zero-order valence-corrected chi connectivity index (χ0v) is 15.7. The van der Waals surface area contributed by atoms with Gasteiger partial charge in [-0.25, -0.2) is 4.39 Å². The molecule has 0 aliphatic heterocycles. The van der Waals surface area contributed by atoms with Crippen molar-refractivity contribution in [2.24, 2.45) is 17.8 Å². The molecule has 2 fully saturated rings. The molecule has 0 radical (unpaired) electrons. The number of carbonyl (C=O) groups excluding carboxylic acids is 1. The van der Waals surface area contributed by atoms with Crippen LogP contribution in [0.3, 0.4) is 0 Å². The van der Waals surface area contributed by atoms with Gasteiger partial charge < -0.3 is 4.74 Å². The van der Waals surface area contributed by atoms with Crippen LogP contribution in [-0.4, -0.2) is 18.2 Å². The Bertz CT molecular complexity index is 440. The molecule has 25 heavy (non-hydrogen) atoms. The van der Waals surface area contributed by atoms with Crippen molar-refractivity contribution in [2.45, 2.75) is 103 Å². The summed E-state index contributed by atoms with van der Waals surface area (Å²) in [6.07, 6.45) is 11.4. The van der Waals surface area contributed by atoms with E-state index in [1.165, 1.54) is 38.5 Å². The Balaban J connectivity index is 1.63. The van der Waals surface area contributed by atoms with E-state index in [0.29, 0.717) is 12.8 Å². The summed E-state index contributed by atoms with van der Waals surface area (Å²) < 4.78 is 19.5. The first-order chi connectivity index (χ1) is 12.1. The van der Waals surface area contributed by atoms with Gasteiger partial charge >= 0.3 is 5.97 Å². The minimum Gasteiger partial charge on any atom is -0.459 e. The highest BCUT2D eigenvalue weighted by Gasteiger charge is 2.35. The molecule has 0 aromatic heterocycles. The van der Waals surface area contributed by atoms with E-state index >= 15 is 0 Å². The summed E-state index contributed by atoms with van der Waals surface area (Å²) in [4.78, 5) is 12.3. The van der Waals surface area contributed by atoms with Crippen molar-refractivity contribution >= 4 is 5.97 Å². The number of esters is 1. The molecule has 142 valence electrons. The zero-order chi connectivity index (χ0) is 18.1.